The van der Waals surface area contributed by atoms with Gasteiger partial charge < -0.3 is 4.74 Å². The zero-order chi connectivity index (χ0) is 20.2. The van der Waals surface area contributed by atoms with Crippen LogP contribution in [0.15, 0.2) is 35.9 Å². The molecule has 1 heterocycles. The van der Waals surface area contributed by atoms with Crippen LogP contribution < -0.4 is 10.2 Å². The van der Waals surface area contributed by atoms with Gasteiger partial charge in [-0.05, 0) is 77.6 Å². The van der Waals surface area contributed by atoms with Crippen LogP contribution in [0.4, 0.5) is 0 Å². The lowest BCUT2D eigenvalue weighted by Crippen LogP contribution is -2.56. The maximum absolute atomic E-state index is 13.0. The van der Waals surface area contributed by atoms with Crippen molar-refractivity contribution in [1.82, 2.24) is 10.4 Å². The highest BCUT2D eigenvalue weighted by Gasteiger charge is 2.30. The van der Waals surface area contributed by atoms with Crippen LogP contribution in [0, 0.1) is 6.92 Å². The van der Waals surface area contributed by atoms with Crippen molar-refractivity contribution in [3.63, 3.8) is 0 Å². The van der Waals surface area contributed by atoms with Crippen LogP contribution >= 0.6 is 0 Å². The third kappa shape index (κ3) is 4.59. The number of ether oxygens (including phenoxy) is 1. The van der Waals surface area contributed by atoms with E-state index < -0.39 is 5.54 Å². The standard InChI is InChI=1S/C22H30N2O3/c1-7-10-16(8-2)21(26)24(22(4,5)6)23-20(25)18-12-13-19-17(15(18)3)11-9-14-27-19/h7-8,10,12-13H,9,11,14H2,1-6H3,(H,23,25)/b10-7-,16-8+. The molecule has 0 radical (unpaired) electrons. The Bertz CT molecular complexity index is 785. The van der Waals surface area contributed by atoms with Crippen LogP contribution in [0.25, 0.3) is 0 Å². The first-order valence-electron chi connectivity index (χ1n) is 9.40. The molecule has 5 heteroatoms. The second-order valence-corrected chi connectivity index (χ2v) is 7.66. The fourth-order valence-electron chi connectivity index (χ4n) is 3.14. The first-order valence-corrected chi connectivity index (χ1v) is 9.40. The monoisotopic (exact) mass is 370 g/mol. The number of hydrogen-bond donors (Lipinski definition) is 1. The normalized spacial score (nSPS) is 14.5. The molecule has 1 aliphatic heterocycles. The highest BCUT2D eigenvalue weighted by molar-refractivity contribution is 6.01. The molecule has 0 aromatic heterocycles. The molecule has 0 atom stereocenters. The quantitative estimate of drug-likeness (QED) is 0.495. The third-order valence-electron chi connectivity index (χ3n) is 4.62. The van der Waals surface area contributed by atoms with E-state index in [4.69, 9.17) is 4.74 Å². The van der Waals surface area contributed by atoms with Gasteiger partial charge in [0.2, 0.25) is 0 Å². The molecule has 146 valence electrons. The number of rotatable bonds is 3. The van der Waals surface area contributed by atoms with Gasteiger partial charge in [-0.2, -0.15) is 0 Å². The molecule has 1 aromatic carbocycles. The zero-order valence-corrected chi connectivity index (χ0v) is 17.2. The van der Waals surface area contributed by atoms with E-state index in [0.717, 1.165) is 29.7 Å². The van der Waals surface area contributed by atoms with Gasteiger partial charge in [0.25, 0.3) is 11.8 Å². The molecule has 0 saturated carbocycles. The molecule has 2 amide bonds. The second kappa shape index (κ2) is 8.42. The number of carbonyl (C=O) groups is 2. The van der Waals surface area contributed by atoms with Gasteiger partial charge in [0.05, 0.1) is 12.1 Å². The van der Waals surface area contributed by atoms with Crippen molar-refractivity contribution < 1.29 is 14.3 Å². The number of benzene rings is 1. The minimum atomic E-state index is -0.576. The van der Waals surface area contributed by atoms with E-state index in [0.29, 0.717) is 17.7 Å². The lowest BCUT2D eigenvalue weighted by Gasteiger charge is -2.36. The van der Waals surface area contributed by atoms with Crippen LogP contribution in [0.2, 0.25) is 0 Å². The highest BCUT2D eigenvalue weighted by atomic mass is 16.5. The number of fused-ring (bicyclic) bond motifs is 1. The maximum atomic E-state index is 13.0. The van der Waals surface area contributed by atoms with Gasteiger partial charge >= 0.3 is 0 Å². The Kier molecular flexibility index (Phi) is 6.47. The molecule has 27 heavy (non-hydrogen) atoms. The van der Waals surface area contributed by atoms with Crippen molar-refractivity contribution in [2.24, 2.45) is 0 Å². The minimum absolute atomic E-state index is 0.240. The molecule has 0 spiro atoms. The molecule has 0 bridgehead atoms. The Morgan fingerprint density at radius 1 is 1.22 bits per heavy atom. The predicted octanol–water partition coefficient (Wildman–Crippen LogP) is 4.11. The summed E-state index contributed by atoms with van der Waals surface area (Å²) in [7, 11) is 0. The Morgan fingerprint density at radius 2 is 1.93 bits per heavy atom. The molecule has 1 N–H and O–H groups in total. The third-order valence-corrected chi connectivity index (χ3v) is 4.62. The molecule has 5 nitrogen and oxygen atoms in total. The first kappa shape index (κ1) is 20.7. The Balaban J connectivity index is 2.33. The van der Waals surface area contributed by atoms with E-state index in [1.54, 1.807) is 18.2 Å². The summed E-state index contributed by atoms with van der Waals surface area (Å²) >= 11 is 0. The van der Waals surface area contributed by atoms with Gasteiger partial charge in [0, 0.05) is 11.1 Å². The molecule has 1 aliphatic rings. The molecular formula is C22H30N2O3. The van der Waals surface area contributed by atoms with E-state index >= 15 is 0 Å². The Labute approximate surface area is 162 Å². The molecular weight excluding hydrogens is 340 g/mol. The van der Waals surface area contributed by atoms with Crippen molar-refractivity contribution in [2.75, 3.05) is 6.61 Å². The lowest BCUT2D eigenvalue weighted by atomic mass is 9.96. The van der Waals surface area contributed by atoms with Gasteiger partial charge in [-0.1, -0.05) is 18.2 Å². The number of carbonyl (C=O) groups excluding carboxylic acids is 2. The summed E-state index contributed by atoms with van der Waals surface area (Å²) in [4.78, 5) is 26.0. The Hall–Kier alpha value is -2.56. The number of allylic oxidation sites excluding steroid dienone is 2. The van der Waals surface area contributed by atoms with Crippen molar-refractivity contribution >= 4 is 11.8 Å². The summed E-state index contributed by atoms with van der Waals surface area (Å²) in [5.74, 6) is 0.318. The summed E-state index contributed by atoms with van der Waals surface area (Å²) in [6.07, 6.45) is 7.14. The number of amides is 2. The van der Waals surface area contributed by atoms with Gasteiger partial charge in [-0.3, -0.25) is 15.0 Å². The van der Waals surface area contributed by atoms with Gasteiger partial charge in [-0.15, -0.1) is 0 Å². The molecule has 0 fully saturated rings. The molecule has 2 rings (SSSR count). The number of hydrogen-bond acceptors (Lipinski definition) is 3. The van der Waals surface area contributed by atoms with E-state index in [2.05, 4.69) is 5.43 Å². The number of nitrogens with one attached hydrogen (secondary N) is 1. The van der Waals surface area contributed by atoms with Crippen molar-refractivity contribution in [2.45, 2.75) is 59.9 Å². The average molecular weight is 370 g/mol. The van der Waals surface area contributed by atoms with Crippen LogP contribution in [-0.4, -0.2) is 29.0 Å². The van der Waals surface area contributed by atoms with Gasteiger partial charge in [0.15, 0.2) is 0 Å². The fourth-order valence-corrected chi connectivity index (χ4v) is 3.14. The van der Waals surface area contributed by atoms with Crippen LogP contribution in [-0.2, 0) is 11.2 Å². The van der Waals surface area contributed by atoms with E-state index in [-0.39, 0.29) is 11.8 Å². The second-order valence-electron chi connectivity index (χ2n) is 7.66. The summed E-state index contributed by atoms with van der Waals surface area (Å²) < 4.78 is 5.67. The minimum Gasteiger partial charge on any atom is -0.493 e. The highest BCUT2D eigenvalue weighted by Crippen LogP contribution is 2.30. The number of nitrogens with zero attached hydrogens (tertiary/aromatic N) is 1. The summed E-state index contributed by atoms with van der Waals surface area (Å²) in [6, 6.07) is 3.61. The van der Waals surface area contributed by atoms with Crippen molar-refractivity contribution in [3.8, 4) is 5.75 Å². The summed E-state index contributed by atoms with van der Waals surface area (Å²) in [6.45, 7) is 12.0. The topological polar surface area (TPSA) is 58.6 Å². The van der Waals surface area contributed by atoms with Gasteiger partial charge in [-0.25, -0.2) is 5.01 Å². The number of hydrazine groups is 1. The molecule has 0 saturated heterocycles. The first-order chi connectivity index (χ1) is 12.7. The van der Waals surface area contributed by atoms with E-state index in [9.17, 15) is 9.59 Å². The summed E-state index contributed by atoms with van der Waals surface area (Å²) in [5, 5.41) is 1.40. The zero-order valence-electron chi connectivity index (χ0n) is 17.2. The molecule has 1 aromatic rings. The summed E-state index contributed by atoms with van der Waals surface area (Å²) in [5.41, 5.74) is 5.33. The van der Waals surface area contributed by atoms with Crippen LogP contribution in [0.5, 0.6) is 5.75 Å². The molecule has 0 aliphatic carbocycles. The van der Waals surface area contributed by atoms with Gasteiger partial charge in [0.1, 0.15) is 5.75 Å². The van der Waals surface area contributed by atoms with Crippen molar-refractivity contribution in [3.05, 3.63) is 52.6 Å². The van der Waals surface area contributed by atoms with E-state index in [1.807, 2.05) is 53.7 Å². The largest absolute Gasteiger partial charge is 0.493 e. The average Bonchev–Trinajstić information content (AvgIpc) is 2.63. The smallest absolute Gasteiger partial charge is 0.272 e. The molecule has 0 unspecified atom stereocenters. The SMILES string of the molecule is C/C=C\C(=C/C)C(=O)N(NC(=O)c1ccc2c(c1C)CCCO2)C(C)(C)C. The van der Waals surface area contributed by atoms with E-state index in [1.165, 1.54) is 5.01 Å². The lowest BCUT2D eigenvalue weighted by molar-refractivity contribution is -0.134. The predicted molar refractivity (Wildman–Crippen MR) is 108 cm³/mol. The van der Waals surface area contributed by atoms with Crippen molar-refractivity contribution in [1.29, 1.82) is 0 Å². The Morgan fingerprint density at radius 3 is 2.52 bits per heavy atom. The van der Waals surface area contributed by atoms with Crippen LogP contribution in [0.3, 0.4) is 0 Å². The fraction of sp³-hybridized carbons (Fsp3) is 0.455. The maximum Gasteiger partial charge on any atom is 0.272 e. The van der Waals surface area contributed by atoms with Crippen LogP contribution in [0.1, 0.15) is 62.5 Å².